The number of para-hydroxylation sites is 2. The van der Waals surface area contributed by atoms with Gasteiger partial charge in [0.2, 0.25) is 0 Å². The van der Waals surface area contributed by atoms with Crippen LogP contribution in [0.1, 0.15) is 34.7 Å². The predicted molar refractivity (Wildman–Crippen MR) is 123 cm³/mol. The van der Waals surface area contributed by atoms with Gasteiger partial charge in [0.1, 0.15) is 5.82 Å². The van der Waals surface area contributed by atoms with Gasteiger partial charge >= 0.3 is 5.69 Å². The maximum absolute atomic E-state index is 12.9. The largest absolute Gasteiger partial charge is 0.347 e. The lowest BCUT2D eigenvalue weighted by Crippen LogP contribution is -2.39. The van der Waals surface area contributed by atoms with Gasteiger partial charge in [-0.3, -0.25) is 4.79 Å². The number of aromatic amines is 1. The molecule has 0 saturated carbocycles. The number of H-pyrrole nitrogens is 1. The summed E-state index contributed by atoms with van der Waals surface area (Å²) in [7, 11) is 0. The van der Waals surface area contributed by atoms with Crippen molar-refractivity contribution in [3.63, 3.8) is 0 Å². The van der Waals surface area contributed by atoms with Crippen LogP contribution in [0.3, 0.4) is 0 Å². The third-order valence-electron chi connectivity index (χ3n) is 6.17. The summed E-state index contributed by atoms with van der Waals surface area (Å²) in [5, 5.41) is 15.5. The minimum atomic E-state index is -0.228. The highest BCUT2D eigenvalue weighted by atomic mass is 16.2. The molecule has 1 N–H and O–H groups in total. The summed E-state index contributed by atoms with van der Waals surface area (Å²) in [6.07, 6.45) is 3.88. The van der Waals surface area contributed by atoms with E-state index in [1.165, 1.54) is 11.0 Å². The number of rotatable bonds is 5. The first-order valence-electron chi connectivity index (χ1n) is 11.1. The van der Waals surface area contributed by atoms with Gasteiger partial charge in [-0.15, -0.1) is 5.10 Å². The molecule has 0 atom stereocenters. The van der Waals surface area contributed by atoms with Crippen molar-refractivity contribution in [3.8, 4) is 11.4 Å². The average Bonchev–Trinajstić information content (AvgIpc) is 3.48. The average molecular weight is 444 g/mol. The van der Waals surface area contributed by atoms with Crippen molar-refractivity contribution in [2.45, 2.75) is 26.2 Å². The van der Waals surface area contributed by atoms with Crippen LogP contribution in [0, 0.1) is 12.8 Å². The Bertz CT molecular complexity index is 1310. The molecule has 1 amide bonds. The fourth-order valence-corrected chi connectivity index (χ4v) is 4.34. The van der Waals surface area contributed by atoms with Gasteiger partial charge in [0.05, 0.1) is 17.6 Å². The second-order valence-electron chi connectivity index (χ2n) is 8.36. The van der Waals surface area contributed by atoms with Gasteiger partial charge in [-0.05, 0) is 49.4 Å². The molecule has 5 rings (SSSR count). The molecule has 0 bridgehead atoms. The molecule has 1 aliphatic heterocycles. The molecular weight excluding hydrogens is 418 g/mol. The van der Waals surface area contributed by atoms with E-state index in [1.807, 2.05) is 66.4 Å². The standard InChI is InChI=1S/C24H25N7O2/c1-17-7-5-6-10-21(17)30-22(26-27-24(30)33)15-18-11-13-29(14-12-18)23(32)20-16-25-31(28-20)19-8-3-2-4-9-19/h2-10,16,18H,11-15H2,1H3,(H,27,33). The molecule has 4 aromatic rings. The number of aryl methyl sites for hydroxylation is 1. The summed E-state index contributed by atoms with van der Waals surface area (Å²) in [6.45, 7) is 3.26. The van der Waals surface area contributed by atoms with Crippen molar-refractivity contribution >= 4 is 5.91 Å². The minimum absolute atomic E-state index is 0.104. The van der Waals surface area contributed by atoms with Crippen LogP contribution in [-0.4, -0.2) is 53.7 Å². The Morgan fingerprint density at radius 2 is 1.79 bits per heavy atom. The molecule has 3 heterocycles. The summed E-state index contributed by atoms with van der Waals surface area (Å²) in [6, 6.07) is 17.3. The van der Waals surface area contributed by atoms with E-state index < -0.39 is 0 Å². The van der Waals surface area contributed by atoms with Crippen molar-refractivity contribution in [3.05, 3.63) is 88.4 Å². The van der Waals surface area contributed by atoms with Crippen LogP contribution in [-0.2, 0) is 6.42 Å². The number of nitrogens with zero attached hydrogens (tertiary/aromatic N) is 6. The van der Waals surface area contributed by atoms with E-state index in [1.54, 1.807) is 4.57 Å². The van der Waals surface area contributed by atoms with Crippen molar-refractivity contribution in [2.24, 2.45) is 5.92 Å². The fraction of sp³-hybridized carbons (Fsp3) is 0.292. The molecule has 1 aliphatic rings. The van der Waals surface area contributed by atoms with E-state index in [0.29, 0.717) is 31.1 Å². The number of piperidine rings is 1. The number of benzene rings is 2. The maximum Gasteiger partial charge on any atom is 0.347 e. The summed E-state index contributed by atoms with van der Waals surface area (Å²) in [5.41, 5.74) is 2.80. The lowest BCUT2D eigenvalue weighted by molar-refractivity contribution is 0.0683. The highest BCUT2D eigenvalue weighted by Crippen LogP contribution is 2.23. The first kappa shape index (κ1) is 20.9. The van der Waals surface area contributed by atoms with E-state index in [2.05, 4.69) is 20.4 Å². The topological polar surface area (TPSA) is 102 Å². The van der Waals surface area contributed by atoms with Crippen LogP contribution in [0.25, 0.3) is 11.4 Å². The molecule has 0 radical (unpaired) electrons. The van der Waals surface area contributed by atoms with Crippen molar-refractivity contribution in [1.29, 1.82) is 0 Å². The Kier molecular flexibility index (Phi) is 5.60. The molecule has 2 aromatic heterocycles. The van der Waals surface area contributed by atoms with Crippen molar-refractivity contribution in [1.82, 2.24) is 34.7 Å². The number of amides is 1. The molecule has 9 heteroatoms. The second kappa shape index (κ2) is 8.85. The normalized spacial score (nSPS) is 14.5. The summed E-state index contributed by atoms with van der Waals surface area (Å²) in [4.78, 5) is 28.7. The van der Waals surface area contributed by atoms with Crippen LogP contribution in [0.15, 0.2) is 65.6 Å². The van der Waals surface area contributed by atoms with Gasteiger partial charge in [-0.1, -0.05) is 36.4 Å². The number of hydrogen-bond donors (Lipinski definition) is 1. The fourth-order valence-electron chi connectivity index (χ4n) is 4.34. The van der Waals surface area contributed by atoms with Gasteiger partial charge in [0.25, 0.3) is 5.91 Å². The molecule has 0 spiro atoms. The van der Waals surface area contributed by atoms with Crippen molar-refractivity contribution in [2.75, 3.05) is 13.1 Å². The Hall–Kier alpha value is -4.01. The predicted octanol–water partition coefficient (Wildman–Crippen LogP) is 2.54. The summed E-state index contributed by atoms with van der Waals surface area (Å²) < 4.78 is 1.66. The van der Waals surface area contributed by atoms with E-state index >= 15 is 0 Å². The smallest absolute Gasteiger partial charge is 0.337 e. The zero-order chi connectivity index (χ0) is 22.8. The van der Waals surface area contributed by atoms with E-state index in [-0.39, 0.29) is 11.6 Å². The second-order valence-corrected chi connectivity index (χ2v) is 8.36. The van der Waals surface area contributed by atoms with Crippen LogP contribution in [0.4, 0.5) is 0 Å². The first-order valence-corrected chi connectivity index (χ1v) is 11.1. The highest BCUT2D eigenvalue weighted by molar-refractivity contribution is 5.92. The van der Waals surface area contributed by atoms with E-state index in [9.17, 15) is 9.59 Å². The van der Waals surface area contributed by atoms with Gasteiger partial charge in [-0.2, -0.15) is 15.0 Å². The van der Waals surface area contributed by atoms with Gasteiger partial charge in [0, 0.05) is 19.5 Å². The Morgan fingerprint density at radius 3 is 2.55 bits per heavy atom. The Morgan fingerprint density at radius 1 is 1.06 bits per heavy atom. The van der Waals surface area contributed by atoms with Gasteiger partial charge < -0.3 is 4.90 Å². The minimum Gasteiger partial charge on any atom is -0.337 e. The zero-order valence-electron chi connectivity index (χ0n) is 18.4. The molecular formula is C24H25N7O2. The number of carbonyl (C=O) groups excluding carboxylic acids is 1. The number of hydrogen-bond acceptors (Lipinski definition) is 5. The maximum atomic E-state index is 12.9. The number of likely N-dealkylation sites (tertiary alicyclic amines) is 1. The van der Waals surface area contributed by atoms with Crippen LogP contribution >= 0.6 is 0 Å². The van der Waals surface area contributed by atoms with Crippen LogP contribution < -0.4 is 5.69 Å². The number of carbonyl (C=O) groups is 1. The molecule has 0 unspecified atom stereocenters. The van der Waals surface area contributed by atoms with Crippen molar-refractivity contribution < 1.29 is 4.79 Å². The lowest BCUT2D eigenvalue weighted by Gasteiger charge is -2.31. The lowest BCUT2D eigenvalue weighted by atomic mass is 9.93. The third-order valence-corrected chi connectivity index (χ3v) is 6.17. The van der Waals surface area contributed by atoms with E-state index in [0.717, 1.165) is 35.6 Å². The molecule has 2 aromatic carbocycles. The monoisotopic (exact) mass is 443 g/mol. The van der Waals surface area contributed by atoms with Crippen LogP contribution in [0.2, 0.25) is 0 Å². The Labute approximate surface area is 190 Å². The van der Waals surface area contributed by atoms with Crippen LogP contribution in [0.5, 0.6) is 0 Å². The SMILES string of the molecule is Cc1ccccc1-n1c(CC2CCN(C(=O)c3cnn(-c4ccccc4)n3)CC2)n[nH]c1=O. The number of aromatic nitrogens is 6. The molecule has 1 fully saturated rings. The third kappa shape index (κ3) is 4.21. The van der Waals surface area contributed by atoms with Gasteiger partial charge in [0.15, 0.2) is 5.69 Å². The molecule has 33 heavy (non-hydrogen) atoms. The quantitative estimate of drug-likeness (QED) is 0.511. The highest BCUT2D eigenvalue weighted by Gasteiger charge is 2.27. The van der Waals surface area contributed by atoms with Gasteiger partial charge in [-0.25, -0.2) is 14.5 Å². The molecule has 1 saturated heterocycles. The summed E-state index contributed by atoms with van der Waals surface area (Å²) in [5.74, 6) is 0.962. The summed E-state index contributed by atoms with van der Waals surface area (Å²) >= 11 is 0. The molecule has 168 valence electrons. The number of nitrogens with one attached hydrogen (secondary N) is 1. The zero-order valence-corrected chi connectivity index (χ0v) is 18.4. The molecule has 0 aliphatic carbocycles. The van der Waals surface area contributed by atoms with E-state index in [4.69, 9.17) is 0 Å². The first-order chi connectivity index (χ1) is 16.1. The Balaban J connectivity index is 1.24. The molecule has 9 nitrogen and oxygen atoms in total.